The van der Waals surface area contributed by atoms with Gasteiger partial charge in [0, 0.05) is 17.9 Å². The van der Waals surface area contributed by atoms with Gasteiger partial charge in [-0.1, -0.05) is 6.92 Å². The van der Waals surface area contributed by atoms with Gasteiger partial charge in [-0.15, -0.1) is 0 Å². The monoisotopic (exact) mass is 383 g/mol. The number of hydrogen-bond acceptors (Lipinski definition) is 4. The molecular formula is C11H14INO4S. The Hall–Kier alpha value is -0.830. The normalized spacial score (nSPS) is 11.2. The quantitative estimate of drug-likeness (QED) is 0.748. The molecule has 0 saturated heterocycles. The predicted octanol–water partition coefficient (Wildman–Crippen LogP) is 1.16. The largest absolute Gasteiger partial charge is 0.507 e. The second-order valence-corrected chi connectivity index (χ2v) is 7.29. The second-order valence-electron chi connectivity index (χ2n) is 3.66. The maximum atomic E-state index is 11.7. The lowest BCUT2D eigenvalue weighted by Crippen LogP contribution is -2.29. The van der Waals surface area contributed by atoms with Crippen molar-refractivity contribution >= 4 is 38.3 Å². The Morgan fingerprint density at radius 1 is 1.44 bits per heavy atom. The van der Waals surface area contributed by atoms with Crippen molar-refractivity contribution in [3.05, 3.63) is 27.3 Å². The van der Waals surface area contributed by atoms with Crippen molar-refractivity contribution in [1.82, 2.24) is 5.32 Å². The molecule has 1 amide bonds. The molecule has 0 aliphatic heterocycles. The zero-order valence-corrected chi connectivity index (χ0v) is 12.8. The van der Waals surface area contributed by atoms with Crippen LogP contribution in [-0.2, 0) is 9.84 Å². The van der Waals surface area contributed by atoms with E-state index in [1.54, 1.807) is 19.1 Å². The van der Waals surface area contributed by atoms with E-state index in [0.717, 1.165) is 0 Å². The van der Waals surface area contributed by atoms with E-state index in [1.807, 2.05) is 22.6 Å². The van der Waals surface area contributed by atoms with E-state index in [4.69, 9.17) is 0 Å². The molecule has 0 aromatic heterocycles. The molecule has 0 fully saturated rings. The first-order valence-electron chi connectivity index (χ1n) is 5.33. The number of phenols is 1. The van der Waals surface area contributed by atoms with Gasteiger partial charge in [0.25, 0.3) is 5.91 Å². The number of amides is 1. The van der Waals surface area contributed by atoms with Crippen molar-refractivity contribution < 1.29 is 18.3 Å². The van der Waals surface area contributed by atoms with E-state index in [0.29, 0.717) is 9.13 Å². The van der Waals surface area contributed by atoms with E-state index in [9.17, 15) is 18.3 Å². The van der Waals surface area contributed by atoms with Crippen LogP contribution < -0.4 is 5.32 Å². The summed E-state index contributed by atoms with van der Waals surface area (Å²) < 4.78 is 23.1. The number of aromatic hydroxyl groups is 1. The van der Waals surface area contributed by atoms with Crippen LogP contribution in [0.4, 0.5) is 0 Å². The molecule has 0 unspecified atom stereocenters. The number of halogens is 1. The third-order valence-corrected chi connectivity index (χ3v) is 4.96. The van der Waals surface area contributed by atoms with Crippen molar-refractivity contribution in [3.63, 3.8) is 0 Å². The lowest BCUT2D eigenvalue weighted by Gasteiger charge is -2.06. The summed E-state index contributed by atoms with van der Waals surface area (Å²) in [5.74, 6) is -0.379. The van der Waals surface area contributed by atoms with Crippen molar-refractivity contribution in [2.24, 2.45) is 0 Å². The van der Waals surface area contributed by atoms with Crippen LogP contribution in [0.5, 0.6) is 5.75 Å². The molecule has 0 aliphatic carbocycles. The van der Waals surface area contributed by atoms with Gasteiger partial charge in [0.15, 0.2) is 9.84 Å². The number of benzene rings is 1. The number of carbonyl (C=O) groups excluding carboxylic acids is 1. The van der Waals surface area contributed by atoms with Crippen LogP contribution >= 0.6 is 22.6 Å². The smallest absolute Gasteiger partial charge is 0.251 e. The summed E-state index contributed by atoms with van der Waals surface area (Å²) in [4.78, 5) is 11.7. The zero-order chi connectivity index (χ0) is 13.8. The molecule has 18 heavy (non-hydrogen) atoms. The molecule has 2 N–H and O–H groups in total. The molecule has 0 radical (unpaired) electrons. The molecule has 1 aromatic rings. The summed E-state index contributed by atoms with van der Waals surface area (Å²) in [6, 6.07) is 4.55. The minimum absolute atomic E-state index is 0.0319. The standard InChI is InChI=1S/C11H14INO4S/c1-2-18(16,17)6-5-13-11(15)8-3-4-9(12)10(14)7-8/h3-4,7,14H,2,5-6H2,1H3,(H,13,15). The Morgan fingerprint density at radius 2 is 2.11 bits per heavy atom. The van der Waals surface area contributed by atoms with Crippen LogP contribution in [0.25, 0.3) is 0 Å². The van der Waals surface area contributed by atoms with E-state index in [-0.39, 0.29) is 23.8 Å². The fraction of sp³-hybridized carbons (Fsp3) is 0.364. The third kappa shape index (κ3) is 4.45. The summed E-state index contributed by atoms with van der Waals surface area (Å²) in [7, 11) is -3.08. The number of hydrogen-bond donors (Lipinski definition) is 2. The van der Waals surface area contributed by atoms with E-state index in [1.165, 1.54) is 6.07 Å². The van der Waals surface area contributed by atoms with Gasteiger partial charge in [0.2, 0.25) is 0 Å². The minimum atomic E-state index is -3.08. The van der Waals surface area contributed by atoms with Gasteiger partial charge in [0.1, 0.15) is 5.75 Å². The first kappa shape index (κ1) is 15.2. The first-order valence-corrected chi connectivity index (χ1v) is 8.23. The van der Waals surface area contributed by atoms with Crippen molar-refractivity contribution in [2.75, 3.05) is 18.1 Å². The number of carbonyl (C=O) groups is 1. The van der Waals surface area contributed by atoms with Crippen LogP contribution in [-0.4, -0.2) is 37.5 Å². The molecule has 100 valence electrons. The van der Waals surface area contributed by atoms with Crippen LogP contribution in [0.1, 0.15) is 17.3 Å². The number of phenolic OH excluding ortho intramolecular Hbond substituents is 1. The highest BCUT2D eigenvalue weighted by atomic mass is 127. The summed E-state index contributed by atoms with van der Waals surface area (Å²) in [5.41, 5.74) is 0.307. The summed E-state index contributed by atoms with van der Waals surface area (Å²) >= 11 is 1.95. The van der Waals surface area contributed by atoms with Crippen molar-refractivity contribution in [2.45, 2.75) is 6.92 Å². The average molecular weight is 383 g/mol. The van der Waals surface area contributed by atoms with Crippen LogP contribution in [0.2, 0.25) is 0 Å². The summed E-state index contributed by atoms with van der Waals surface area (Å²) in [6.45, 7) is 1.64. The SMILES string of the molecule is CCS(=O)(=O)CCNC(=O)c1ccc(I)c(O)c1. The summed E-state index contributed by atoms with van der Waals surface area (Å²) in [5, 5.41) is 12.0. The van der Waals surface area contributed by atoms with Gasteiger partial charge in [-0.3, -0.25) is 4.79 Å². The van der Waals surface area contributed by atoms with Crippen molar-refractivity contribution in [3.8, 4) is 5.75 Å². The Bertz CT molecular complexity index is 542. The number of rotatable bonds is 5. The molecule has 0 atom stereocenters. The highest BCUT2D eigenvalue weighted by Gasteiger charge is 2.10. The second kappa shape index (κ2) is 6.37. The van der Waals surface area contributed by atoms with Gasteiger partial charge >= 0.3 is 0 Å². The van der Waals surface area contributed by atoms with Gasteiger partial charge < -0.3 is 10.4 Å². The third-order valence-electron chi connectivity index (χ3n) is 2.35. The Labute approximate surface area is 120 Å². The lowest BCUT2D eigenvalue weighted by atomic mass is 10.2. The van der Waals surface area contributed by atoms with Crippen LogP contribution in [0.3, 0.4) is 0 Å². The maximum Gasteiger partial charge on any atom is 0.251 e. The Balaban J connectivity index is 2.58. The molecular weight excluding hydrogens is 369 g/mol. The molecule has 5 nitrogen and oxygen atoms in total. The number of nitrogens with one attached hydrogen (secondary N) is 1. The highest BCUT2D eigenvalue weighted by molar-refractivity contribution is 14.1. The minimum Gasteiger partial charge on any atom is -0.507 e. The molecule has 0 saturated carbocycles. The fourth-order valence-corrected chi connectivity index (χ4v) is 2.26. The van der Waals surface area contributed by atoms with E-state index >= 15 is 0 Å². The molecule has 0 bridgehead atoms. The molecule has 0 heterocycles. The molecule has 0 spiro atoms. The Morgan fingerprint density at radius 3 is 2.67 bits per heavy atom. The predicted molar refractivity (Wildman–Crippen MR) is 77.5 cm³/mol. The lowest BCUT2D eigenvalue weighted by molar-refractivity contribution is 0.0955. The van der Waals surface area contributed by atoms with Gasteiger partial charge in [-0.05, 0) is 40.8 Å². The fourth-order valence-electron chi connectivity index (χ4n) is 1.22. The molecule has 7 heteroatoms. The summed E-state index contributed by atoms with van der Waals surface area (Å²) in [6.07, 6.45) is 0. The van der Waals surface area contributed by atoms with Gasteiger partial charge in [-0.2, -0.15) is 0 Å². The molecule has 0 aliphatic rings. The van der Waals surface area contributed by atoms with E-state index in [2.05, 4.69) is 5.32 Å². The highest BCUT2D eigenvalue weighted by Crippen LogP contribution is 2.20. The average Bonchev–Trinajstić information content (AvgIpc) is 2.32. The van der Waals surface area contributed by atoms with Crippen LogP contribution in [0, 0.1) is 3.57 Å². The molecule has 1 aromatic carbocycles. The van der Waals surface area contributed by atoms with Gasteiger partial charge in [0.05, 0.1) is 9.32 Å². The topological polar surface area (TPSA) is 83.5 Å². The van der Waals surface area contributed by atoms with Crippen molar-refractivity contribution in [1.29, 1.82) is 0 Å². The van der Waals surface area contributed by atoms with Crippen LogP contribution in [0.15, 0.2) is 18.2 Å². The van der Waals surface area contributed by atoms with Gasteiger partial charge in [-0.25, -0.2) is 8.42 Å². The maximum absolute atomic E-state index is 11.7. The zero-order valence-electron chi connectivity index (χ0n) is 9.81. The molecule has 1 rings (SSSR count). The van der Waals surface area contributed by atoms with E-state index < -0.39 is 15.7 Å². The first-order chi connectivity index (χ1) is 8.35. The number of sulfone groups is 1. The Kier molecular flexibility index (Phi) is 5.39.